The van der Waals surface area contributed by atoms with Crippen LogP contribution in [0.1, 0.15) is 111 Å². The van der Waals surface area contributed by atoms with Gasteiger partial charge in [-0.2, -0.15) is 0 Å². The minimum absolute atomic E-state index is 0. The van der Waals surface area contributed by atoms with Crippen molar-refractivity contribution in [2.75, 3.05) is 0 Å². The Morgan fingerprint density at radius 1 is 0.912 bits per heavy atom. The summed E-state index contributed by atoms with van der Waals surface area (Å²) in [6, 6.07) is 7.20. The van der Waals surface area contributed by atoms with Crippen molar-refractivity contribution in [2.45, 2.75) is 111 Å². The molecule has 3 saturated carbocycles. The van der Waals surface area contributed by atoms with Gasteiger partial charge in [0, 0.05) is 25.0 Å². The summed E-state index contributed by atoms with van der Waals surface area (Å²) in [5.74, 6) is 5.61. The molecule has 34 heavy (non-hydrogen) atoms. The molecule has 0 bridgehead atoms. The number of allylic oxidation sites excluding steroid dienone is 2. The van der Waals surface area contributed by atoms with Crippen LogP contribution in [0.2, 0.25) is 0 Å². The molecule has 0 N–H and O–H groups in total. The van der Waals surface area contributed by atoms with E-state index in [2.05, 4.69) is 75.9 Å². The third kappa shape index (κ3) is 4.68. The van der Waals surface area contributed by atoms with Crippen LogP contribution in [0.25, 0.3) is 0 Å². The van der Waals surface area contributed by atoms with Crippen molar-refractivity contribution in [3.63, 3.8) is 0 Å². The summed E-state index contributed by atoms with van der Waals surface area (Å²) in [6.07, 6.45) is 23.0. The number of rotatable bonds is 6. The van der Waals surface area contributed by atoms with E-state index in [0.29, 0.717) is 16.9 Å². The van der Waals surface area contributed by atoms with Gasteiger partial charge in [0.25, 0.3) is 0 Å². The minimum atomic E-state index is 0. The first-order chi connectivity index (χ1) is 15.8. The second-order valence-corrected chi connectivity index (χ2v) is 13.5. The third-order valence-corrected chi connectivity index (χ3v) is 11.4. The molecule has 0 spiro atoms. The van der Waals surface area contributed by atoms with E-state index in [-0.39, 0.29) is 24.0 Å². The Morgan fingerprint density at radius 3 is 2.41 bits per heavy atom. The first-order valence-corrected chi connectivity index (χ1v) is 14.5. The van der Waals surface area contributed by atoms with E-state index in [9.17, 15) is 0 Å². The Morgan fingerprint density at radius 2 is 1.68 bits per heavy atom. The van der Waals surface area contributed by atoms with Crippen molar-refractivity contribution in [3.8, 4) is 0 Å². The van der Waals surface area contributed by atoms with Crippen molar-refractivity contribution < 1.29 is 4.57 Å². The molecule has 8 atom stereocenters. The van der Waals surface area contributed by atoms with Gasteiger partial charge in [0.1, 0.15) is 0 Å². The lowest BCUT2D eigenvalue weighted by atomic mass is 9.47. The van der Waals surface area contributed by atoms with Gasteiger partial charge in [0.2, 0.25) is 0 Å². The second kappa shape index (κ2) is 10.5. The fraction of sp³-hybridized carbons (Fsp3) is 0.781. The lowest BCUT2D eigenvalue weighted by Crippen LogP contribution is -2.52. The topological polar surface area (TPSA) is 3.88 Å². The van der Waals surface area contributed by atoms with Crippen LogP contribution in [-0.4, -0.2) is 0 Å². The Labute approximate surface area is 227 Å². The van der Waals surface area contributed by atoms with Crippen molar-refractivity contribution in [3.05, 3.63) is 42.2 Å². The third-order valence-electron chi connectivity index (χ3n) is 11.4. The number of hydrogen-bond acceptors (Lipinski definition) is 0. The Hall–Kier alpha value is -0.380. The summed E-state index contributed by atoms with van der Waals surface area (Å²) >= 11 is 0. The molecule has 1 aromatic rings. The molecule has 190 valence electrons. The van der Waals surface area contributed by atoms with E-state index in [1.807, 2.05) is 5.57 Å². The summed E-state index contributed by atoms with van der Waals surface area (Å²) in [5, 5.41) is 0. The fourth-order valence-electron chi connectivity index (χ4n) is 9.58. The van der Waals surface area contributed by atoms with Gasteiger partial charge >= 0.3 is 0 Å². The normalized spacial score (nSPS) is 39.9. The fourth-order valence-corrected chi connectivity index (χ4v) is 9.58. The smallest absolute Gasteiger partial charge is 0.169 e. The van der Waals surface area contributed by atoms with Crippen molar-refractivity contribution in [2.24, 2.45) is 46.3 Å². The minimum Gasteiger partial charge on any atom is -0.202 e. The van der Waals surface area contributed by atoms with Crippen LogP contribution in [0.4, 0.5) is 0 Å². The molecular formula is C32H51IN+. The van der Waals surface area contributed by atoms with Gasteiger partial charge < -0.3 is 0 Å². The summed E-state index contributed by atoms with van der Waals surface area (Å²) in [4.78, 5) is 0. The van der Waals surface area contributed by atoms with Gasteiger partial charge in [0.15, 0.2) is 18.4 Å². The summed E-state index contributed by atoms with van der Waals surface area (Å²) < 4.78 is 2.48. The van der Waals surface area contributed by atoms with E-state index in [0.717, 1.165) is 35.5 Å². The zero-order valence-corrected chi connectivity index (χ0v) is 25.0. The predicted octanol–water partition coefficient (Wildman–Crippen LogP) is 9.17. The first kappa shape index (κ1) is 26.7. The van der Waals surface area contributed by atoms with Gasteiger partial charge in [0.05, 0.1) is 0 Å². The number of halogens is 1. The molecule has 0 radical (unpaired) electrons. The van der Waals surface area contributed by atoms with E-state index < -0.39 is 0 Å². The number of aromatic nitrogens is 1. The van der Waals surface area contributed by atoms with E-state index in [1.54, 1.807) is 0 Å². The van der Waals surface area contributed by atoms with E-state index in [1.165, 1.54) is 70.6 Å². The number of hydrogen-bond donors (Lipinski definition) is 0. The largest absolute Gasteiger partial charge is 0.202 e. The molecule has 1 aromatic heterocycles. The van der Waals surface area contributed by atoms with Crippen molar-refractivity contribution >= 4 is 24.0 Å². The van der Waals surface area contributed by atoms with Gasteiger partial charge in [-0.1, -0.05) is 71.6 Å². The number of nitrogens with zero attached hydrogens (tertiary/aromatic N) is 1. The highest BCUT2D eigenvalue weighted by atomic mass is 127. The van der Waals surface area contributed by atoms with Crippen molar-refractivity contribution in [1.29, 1.82) is 0 Å². The van der Waals surface area contributed by atoms with Crippen LogP contribution in [0, 0.1) is 46.3 Å². The van der Waals surface area contributed by atoms with Crippen LogP contribution >= 0.6 is 24.0 Å². The summed E-state index contributed by atoms with van der Waals surface area (Å²) in [5.41, 5.74) is 2.89. The lowest BCUT2D eigenvalue weighted by Gasteiger charge is -2.58. The quantitative estimate of drug-likeness (QED) is 0.181. The van der Waals surface area contributed by atoms with Crippen LogP contribution in [-0.2, 0) is 0 Å². The molecule has 1 heterocycles. The van der Waals surface area contributed by atoms with Crippen LogP contribution < -0.4 is 4.57 Å². The average Bonchev–Trinajstić information content (AvgIpc) is 3.16. The lowest BCUT2D eigenvalue weighted by molar-refractivity contribution is -0.725. The molecule has 5 rings (SSSR count). The van der Waals surface area contributed by atoms with Gasteiger partial charge in [-0.25, -0.2) is 4.57 Å². The number of fused-ring (bicyclic) bond motifs is 5. The monoisotopic (exact) mass is 576 g/mol. The second-order valence-electron chi connectivity index (χ2n) is 13.5. The molecule has 0 amide bonds. The Kier molecular flexibility index (Phi) is 8.27. The standard InChI is InChI=1S/C32H50N.HI/c1-23(2)10-9-11-24(3)28-14-15-29-27-13-12-25-22-26(33-20-7-6-8-21-33)16-18-31(25,4)30(27)17-19-32(28,29)5;/h6-8,12,20-21,23-24,26-30H,9-11,13-19,22H2,1-5H3;1H/q+1;/t24-,26+,27+,28-,29+,30+,31+,32-;/m1./s1. The predicted molar refractivity (Wildman–Crippen MR) is 154 cm³/mol. The number of pyridine rings is 1. The highest BCUT2D eigenvalue weighted by Gasteiger charge is 2.59. The first-order valence-electron chi connectivity index (χ1n) is 14.5. The Balaban J connectivity index is 0.00000274. The van der Waals surface area contributed by atoms with Gasteiger partial charge in [-0.05, 0) is 84.9 Å². The van der Waals surface area contributed by atoms with Crippen LogP contribution in [0.5, 0.6) is 0 Å². The van der Waals surface area contributed by atoms with Gasteiger partial charge in [-0.15, -0.1) is 24.0 Å². The molecule has 4 aliphatic carbocycles. The maximum absolute atomic E-state index is 2.75. The SMILES string of the molecule is CC(C)CCC[C@@H](C)[C@H]1CC[C@H]2[C@@H]3CC=C4C[C@@H]([n+]5ccccc5)CC[C@]4(C)[C@H]3CC[C@]12C.I. The van der Waals surface area contributed by atoms with E-state index in [4.69, 9.17) is 0 Å². The summed E-state index contributed by atoms with van der Waals surface area (Å²) in [7, 11) is 0. The average molecular weight is 577 g/mol. The maximum Gasteiger partial charge on any atom is 0.169 e. The molecule has 0 aliphatic heterocycles. The zero-order valence-electron chi connectivity index (χ0n) is 22.6. The molecule has 0 saturated heterocycles. The molecular weight excluding hydrogens is 525 g/mol. The van der Waals surface area contributed by atoms with Crippen LogP contribution in [0.3, 0.4) is 0 Å². The highest BCUT2D eigenvalue weighted by molar-refractivity contribution is 14.0. The molecule has 2 heteroatoms. The van der Waals surface area contributed by atoms with E-state index >= 15 is 0 Å². The molecule has 1 nitrogen and oxygen atoms in total. The van der Waals surface area contributed by atoms with Crippen molar-refractivity contribution in [1.82, 2.24) is 0 Å². The molecule has 4 aliphatic rings. The van der Waals surface area contributed by atoms with Gasteiger partial charge in [-0.3, -0.25) is 0 Å². The highest BCUT2D eigenvalue weighted by Crippen LogP contribution is 2.67. The molecule has 0 aromatic carbocycles. The molecule has 0 unspecified atom stereocenters. The molecule has 3 fully saturated rings. The summed E-state index contributed by atoms with van der Waals surface area (Å²) in [6.45, 7) is 12.8. The zero-order chi connectivity index (χ0) is 23.2. The maximum atomic E-state index is 2.75. The Bertz CT molecular complexity index is 846. The van der Waals surface area contributed by atoms with Crippen LogP contribution in [0.15, 0.2) is 42.2 Å².